The highest BCUT2D eigenvalue weighted by Crippen LogP contribution is 2.36. The summed E-state index contributed by atoms with van der Waals surface area (Å²) in [5.41, 5.74) is 3.44. The third-order valence-corrected chi connectivity index (χ3v) is 5.90. The smallest absolute Gasteiger partial charge is 0.223 e. The van der Waals surface area contributed by atoms with Crippen molar-refractivity contribution in [2.75, 3.05) is 19.6 Å². The van der Waals surface area contributed by atoms with Gasteiger partial charge in [-0.3, -0.25) is 4.79 Å². The summed E-state index contributed by atoms with van der Waals surface area (Å²) in [6, 6.07) is 14.8. The molecule has 0 aliphatic carbocycles. The molecule has 1 N–H and O–H groups in total. The van der Waals surface area contributed by atoms with E-state index in [1.807, 2.05) is 23.1 Å². The van der Waals surface area contributed by atoms with E-state index in [9.17, 15) is 9.18 Å². The van der Waals surface area contributed by atoms with E-state index in [0.717, 1.165) is 38.0 Å². The van der Waals surface area contributed by atoms with Crippen LogP contribution in [0.5, 0.6) is 0 Å². The molecule has 2 aromatic rings. The predicted octanol–water partition coefficient (Wildman–Crippen LogP) is 4.08. The Kier molecular flexibility index (Phi) is 5.53. The molecule has 0 saturated carbocycles. The molecule has 2 aliphatic heterocycles. The monoisotopic (exact) mass is 366 g/mol. The van der Waals surface area contributed by atoms with E-state index >= 15 is 0 Å². The molecular weight excluding hydrogens is 339 g/mol. The van der Waals surface area contributed by atoms with Crippen molar-refractivity contribution in [2.24, 2.45) is 5.92 Å². The predicted molar refractivity (Wildman–Crippen MR) is 105 cm³/mol. The van der Waals surface area contributed by atoms with Crippen LogP contribution in [0, 0.1) is 11.7 Å². The molecule has 4 heteroatoms. The van der Waals surface area contributed by atoms with Crippen molar-refractivity contribution in [3.8, 4) is 0 Å². The lowest BCUT2D eigenvalue weighted by Crippen LogP contribution is -2.41. The highest BCUT2D eigenvalue weighted by atomic mass is 19.1. The highest BCUT2D eigenvalue weighted by molar-refractivity contribution is 5.78. The molecule has 1 saturated heterocycles. The number of hydrogen-bond acceptors (Lipinski definition) is 2. The van der Waals surface area contributed by atoms with Crippen LogP contribution in [0.1, 0.15) is 48.4 Å². The molecule has 1 amide bonds. The van der Waals surface area contributed by atoms with Gasteiger partial charge >= 0.3 is 0 Å². The normalized spacial score (nSPS) is 22.8. The summed E-state index contributed by atoms with van der Waals surface area (Å²) in [6.07, 6.45) is 4.97. The number of carbonyl (C=O) groups excluding carboxylic acids is 1. The van der Waals surface area contributed by atoms with Crippen molar-refractivity contribution in [1.82, 2.24) is 10.2 Å². The SMILES string of the molecule is O=C(C[C@@H]1CCCCNC1)N1CCc2ccccc2[C@@H]1c1ccc(F)cc1. The van der Waals surface area contributed by atoms with Crippen LogP contribution in [-0.4, -0.2) is 30.4 Å². The van der Waals surface area contributed by atoms with Crippen LogP contribution in [0.3, 0.4) is 0 Å². The van der Waals surface area contributed by atoms with E-state index in [4.69, 9.17) is 0 Å². The molecule has 0 radical (unpaired) electrons. The fraction of sp³-hybridized carbons (Fsp3) is 0.435. The Morgan fingerprint density at radius 2 is 1.93 bits per heavy atom. The van der Waals surface area contributed by atoms with Gasteiger partial charge in [0.05, 0.1) is 6.04 Å². The van der Waals surface area contributed by atoms with Crippen LogP contribution >= 0.6 is 0 Å². The third kappa shape index (κ3) is 4.06. The lowest BCUT2D eigenvalue weighted by Gasteiger charge is -2.38. The molecule has 0 aromatic heterocycles. The van der Waals surface area contributed by atoms with E-state index in [1.54, 1.807) is 0 Å². The molecule has 2 heterocycles. The van der Waals surface area contributed by atoms with Crippen molar-refractivity contribution in [2.45, 2.75) is 38.1 Å². The van der Waals surface area contributed by atoms with Crippen molar-refractivity contribution < 1.29 is 9.18 Å². The molecule has 2 atom stereocenters. The number of benzene rings is 2. The van der Waals surface area contributed by atoms with Crippen LogP contribution in [0.15, 0.2) is 48.5 Å². The number of nitrogens with one attached hydrogen (secondary N) is 1. The zero-order valence-corrected chi connectivity index (χ0v) is 15.7. The van der Waals surface area contributed by atoms with Gasteiger partial charge in [0.2, 0.25) is 5.91 Å². The Morgan fingerprint density at radius 1 is 1.11 bits per heavy atom. The van der Waals surface area contributed by atoms with Crippen molar-refractivity contribution >= 4 is 5.91 Å². The number of amides is 1. The average Bonchev–Trinajstić information content (AvgIpc) is 2.96. The second-order valence-electron chi connectivity index (χ2n) is 7.76. The van der Waals surface area contributed by atoms with E-state index in [-0.39, 0.29) is 17.8 Å². The lowest BCUT2D eigenvalue weighted by molar-refractivity contribution is -0.134. The van der Waals surface area contributed by atoms with Crippen LogP contribution in [-0.2, 0) is 11.2 Å². The highest BCUT2D eigenvalue weighted by Gasteiger charge is 2.32. The quantitative estimate of drug-likeness (QED) is 0.888. The van der Waals surface area contributed by atoms with Crippen LogP contribution in [0.2, 0.25) is 0 Å². The Labute approximate surface area is 160 Å². The summed E-state index contributed by atoms with van der Waals surface area (Å²) >= 11 is 0. The summed E-state index contributed by atoms with van der Waals surface area (Å²) in [6.45, 7) is 2.70. The summed E-state index contributed by atoms with van der Waals surface area (Å²) in [7, 11) is 0. The Bertz CT molecular complexity index is 781. The molecule has 27 heavy (non-hydrogen) atoms. The van der Waals surface area contributed by atoms with E-state index in [1.165, 1.54) is 36.1 Å². The third-order valence-electron chi connectivity index (χ3n) is 5.90. The number of rotatable bonds is 3. The fourth-order valence-corrected chi connectivity index (χ4v) is 4.47. The van der Waals surface area contributed by atoms with Crippen molar-refractivity contribution in [1.29, 1.82) is 0 Å². The maximum Gasteiger partial charge on any atom is 0.223 e. The van der Waals surface area contributed by atoms with Gasteiger partial charge in [-0.05, 0) is 67.1 Å². The van der Waals surface area contributed by atoms with Gasteiger partial charge in [-0.15, -0.1) is 0 Å². The number of halogens is 1. The topological polar surface area (TPSA) is 32.3 Å². The summed E-state index contributed by atoms with van der Waals surface area (Å²) in [5, 5.41) is 3.46. The standard InChI is InChI=1S/C23H27FN2O/c24-20-10-8-19(9-11-20)23-21-7-2-1-6-18(21)12-14-26(23)22(27)15-17-5-3-4-13-25-16-17/h1-2,6-11,17,23,25H,3-5,12-16H2/t17-,23-/m0/s1. The minimum Gasteiger partial charge on any atom is -0.331 e. The lowest BCUT2D eigenvalue weighted by atomic mass is 9.87. The van der Waals surface area contributed by atoms with E-state index in [2.05, 4.69) is 23.5 Å². The van der Waals surface area contributed by atoms with Gasteiger partial charge in [0.1, 0.15) is 5.82 Å². The molecule has 0 unspecified atom stereocenters. The Balaban J connectivity index is 1.62. The Morgan fingerprint density at radius 3 is 2.78 bits per heavy atom. The molecule has 2 aliphatic rings. The van der Waals surface area contributed by atoms with Gasteiger partial charge in [0.15, 0.2) is 0 Å². The van der Waals surface area contributed by atoms with Crippen LogP contribution in [0.25, 0.3) is 0 Å². The number of fused-ring (bicyclic) bond motifs is 1. The first kappa shape index (κ1) is 18.2. The molecule has 3 nitrogen and oxygen atoms in total. The zero-order valence-electron chi connectivity index (χ0n) is 15.7. The zero-order chi connectivity index (χ0) is 18.6. The average molecular weight is 366 g/mol. The number of hydrogen-bond donors (Lipinski definition) is 1. The van der Waals surface area contributed by atoms with Gasteiger partial charge in [-0.25, -0.2) is 4.39 Å². The van der Waals surface area contributed by atoms with Gasteiger partial charge in [0.25, 0.3) is 0 Å². The summed E-state index contributed by atoms with van der Waals surface area (Å²) < 4.78 is 13.5. The molecule has 0 bridgehead atoms. The first-order chi connectivity index (χ1) is 13.2. The largest absolute Gasteiger partial charge is 0.331 e. The minimum atomic E-state index is -0.245. The van der Waals surface area contributed by atoms with Gasteiger partial charge in [-0.1, -0.05) is 42.8 Å². The first-order valence-corrected chi connectivity index (χ1v) is 10.1. The second kappa shape index (κ2) is 8.22. The minimum absolute atomic E-state index is 0.123. The van der Waals surface area contributed by atoms with Crippen LogP contribution in [0.4, 0.5) is 4.39 Å². The van der Waals surface area contributed by atoms with Crippen LogP contribution < -0.4 is 5.32 Å². The number of nitrogens with zero attached hydrogens (tertiary/aromatic N) is 1. The molecular formula is C23H27FN2O. The van der Waals surface area contributed by atoms with E-state index < -0.39 is 0 Å². The van der Waals surface area contributed by atoms with Crippen molar-refractivity contribution in [3.05, 3.63) is 71.0 Å². The van der Waals surface area contributed by atoms with Gasteiger partial charge in [-0.2, -0.15) is 0 Å². The number of carbonyl (C=O) groups is 1. The maximum absolute atomic E-state index is 13.5. The van der Waals surface area contributed by atoms with Gasteiger partial charge in [0, 0.05) is 13.0 Å². The van der Waals surface area contributed by atoms with E-state index in [0.29, 0.717) is 12.3 Å². The van der Waals surface area contributed by atoms with Gasteiger partial charge < -0.3 is 10.2 Å². The van der Waals surface area contributed by atoms with Crippen molar-refractivity contribution in [3.63, 3.8) is 0 Å². The summed E-state index contributed by atoms with van der Waals surface area (Å²) in [5.74, 6) is 0.379. The maximum atomic E-state index is 13.5. The second-order valence-corrected chi connectivity index (χ2v) is 7.76. The summed E-state index contributed by atoms with van der Waals surface area (Å²) in [4.78, 5) is 15.3. The fourth-order valence-electron chi connectivity index (χ4n) is 4.47. The molecule has 0 spiro atoms. The first-order valence-electron chi connectivity index (χ1n) is 10.1. The molecule has 2 aromatic carbocycles. The Hall–Kier alpha value is -2.20. The molecule has 4 rings (SSSR count). The molecule has 142 valence electrons. The molecule has 1 fully saturated rings.